The lowest BCUT2D eigenvalue weighted by Crippen LogP contribution is -2.49. The molecule has 0 saturated carbocycles. The largest absolute Gasteiger partial charge is 0.495 e. The summed E-state index contributed by atoms with van der Waals surface area (Å²) in [5, 5.41) is 20.1. The van der Waals surface area contributed by atoms with Gasteiger partial charge in [0.1, 0.15) is 36.2 Å². The van der Waals surface area contributed by atoms with E-state index in [9.17, 15) is 19.2 Å². The van der Waals surface area contributed by atoms with Gasteiger partial charge in [0.25, 0.3) is 0 Å². The van der Waals surface area contributed by atoms with Crippen LogP contribution in [0.2, 0.25) is 5.02 Å². The highest BCUT2D eigenvalue weighted by atomic mass is 35.5. The number of carbonyl (C=O) groups is 4. The molecule has 4 N–H and O–H groups in total. The van der Waals surface area contributed by atoms with E-state index < -0.39 is 48.1 Å². The number of benzene rings is 3. The van der Waals surface area contributed by atoms with E-state index in [0.717, 1.165) is 54.0 Å². The maximum Gasteiger partial charge on any atom is 0.410 e. The molecule has 14 nitrogen and oxygen atoms in total. The zero-order valence-corrected chi connectivity index (χ0v) is 38.3. The number of carbonyl (C=O) groups excluding carboxylic acids is 4. The Morgan fingerprint density at radius 3 is 2.29 bits per heavy atom. The number of cyclic esters (lactones) is 1. The number of amides is 3. The first-order chi connectivity index (χ1) is 30.2. The fourth-order valence-electron chi connectivity index (χ4n) is 8.08. The number of alkyl carbamates (subject to hydrolysis) is 1. The second-order valence-corrected chi connectivity index (χ2v) is 16.2. The molecule has 2 fully saturated rings. The van der Waals surface area contributed by atoms with Gasteiger partial charge >= 0.3 is 18.2 Å². The zero-order valence-electron chi connectivity index (χ0n) is 37.6. The summed E-state index contributed by atoms with van der Waals surface area (Å²) in [4.78, 5) is 53.5. The molecule has 6 rings (SSSR count). The summed E-state index contributed by atoms with van der Waals surface area (Å²) in [6, 6.07) is 20.6. The Labute approximate surface area is 375 Å². The molecule has 3 aromatic rings. The normalized spacial score (nSPS) is 21.3. The summed E-state index contributed by atoms with van der Waals surface area (Å²) in [6.07, 6.45) is 4.57. The fraction of sp³-hybridized carbons (Fsp3) is 0.458. The minimum absolute atomic E-state index is 0.0975. The lowest BCUT2D eigenvalue weighted by Gasteiger charge is -2.33. The average molecular weight is 892 g/mol. The van der Waals surface area contributed by atoms with Gasteiger partial charge in [-0.3, -0.25) is 9.69 Å². The number of hydrogen-bond acceptors (Lipinski definition) is 11. The monoisotopic (exact) mass is 891 g/mol. The molecular formula is C48H62ClN3O11. The zero-order chi connectivity index (χ0) is 46.4. The van der Waals surface area contributed by atoms with E-state index in [-0.39, 0.29) is 36.8 Å². The van der Waals surface area contributed by atoms with E-state index in [0.29, 0.717) is 23.6 Å². The van der Waals surface area contributed by atoms with Gasteiger partial charge in [-0.05, 0) is 73.6 Å². The van der Waals surface area contributed by atoms with E-state index in [1.165, 1.54) is 19.0 Å². The molecule has 2 heterocycles. The number of fused-ring (bicyclic) bond motifs is 3. The molecule has 342 valence electrons. The maximum atomic E-state index is 13.6. The van der Waals surface area contributed by atoms with Crippen molar-refractivity contribution in [3.8, 4) is 16.9 Å². The molecular weight excluding hydrogens is 830 g/mol. The number of rotatable bonds is 16. The second kappa shape index (κ2) is 23.3. The van der Waals surface area contributed by atoms with Gasteiger partial charge < -0.3 is 44.5 Å². The fourth-order valence-corrected chi connectivity index (χ4v) is 8.27. The van der Waals surface area contributed by atoms with Gasteiger partial charge in [-0.25, -0.2) is 14.4 Å². The van der Waals surface area contributed by atoms with E-state index >= 15 is 0 Å². The van der Waals surface area contributed by atoms with Gasteiger partial charge in [-0.1, -0.05) is 96.9 Å². The molecule has 3 unspecified atom stereocenters. The van der Waals surface area contributed by atoms with Crippen molar-refractivity contribution in [3.05, 3.63) is 112 Å². The Morgan fingerprint density at radius 1 is 1.03 bits per heavy atom. The number of esters is 1. The van der Waals surface area contributed by atoms with Crippen LogP contribution in [0.15, 0.2) is 90.5 Å². The summed E-state index contributed by atoms with van der Waals surface area (Å²) in [5.41, 5.74) is 5.55. The Kier molecular flexibility index (Phi) is 18.6. The van der Waals surface area contributed by atoms with Crippen LogP contribution in [0.5, 0.6) is 5.75 Å². The predicted molar refractivity (Wildman–Crippen MR) is 241 cm³/mol. The summed E-state index contributed by atoms with van der Waals surface area (Å²) in [5.74, 6) is -0.851. The molecule has 3 aromatic carbocycles. The van der Waals surface area contributed by atoms with Crippen LogP contribution in [-0.4, -0.2) is 117 Å². The van der Waals surface area contributed by atoms with Crippen LogP contribution < -0.4 is 15.4 Å². The Morgan fingerprint density at radius 2 is 1.67 bits per heavy atom. The van der Waals surface area contributed by atoms with Crippen molar-refractivity contribution in [1.82, 2.24) is 15.5 Å². The number of halogens is 1. The van der Waals surface area contributed by atoms with Crippen molar-refractivity contribution in [2.75, 3.05) is 42.0 Å². The second-order valence-electron chi connectivity index (χ2n) is 15.8. The molecule has 0 aromatic heterocycles. The Hall–Kier alpha value is -5.41. The van der Waals surface area contributed by atoms with Crippen molar-refractivity contribution in [2.24, 2.45) is 5.92 Å². The summed E-state index contributed by atoms with van der Waals surface area (Å²) < 4.78 is 29.0. The topological polar surface area (TPSA) is 185 Å². The standard InChI is InChI=1S/C46H54ClN3O9.2CH4O/c1-27(22-30-20-21-37(47)39(23-30)55-7)14-8-9-15-31-24-38(57-44(53)49-31)28(2)42-46(4,59-42)40(25-41(51)48-5)58-43(52)29(3)50(6)45(54)56-26-36-34-18-12-10-16-32(34)33-17-11-13-19-35(33)36;2*1-2/h8-14,16-21,23,28-29,31,36,38,40,42H,15,22,24-26H2,1-7H3,(H,48,51)(H,49,53);2*2H,1H3/b9-8+,27-14+;;/t28-,29-,31?,38?,40+,42?,46+;;/m1../s1. The Balaban J connectivity index is 0.00000212. The Bertz CT molecular complexity index is 2070. The number of likely N-dealkylation sites (N-methyl/N-ethyl adjacent to an activating group) is 1. The van der Waals surface area contributed by atoms with Crippen LogP contribution in [0.3, 0.4) is 0 Å². The van der Waals surface area contributed by atoms with Gasteiger partial charge in [0.2, 0.25) is 5.91 Å². The average Bonchev–Trinajstić information content (AvgIpc) is 3.90. The van der Waals surface area contributed by atoms with Crippen molar-refractivity contribution < 1.29 is 53.1 Å². The van der Waals surface area contributed by atoms with Gasteiger partial charge in [0, 0.05) is 52.6 Å². The molecule has 1 aliphatic carbocycles. The lowest BCUT2D eigenvalue weighted by atomic mass is 9.85. The summed E-state index contributed by atoms with van der Waals surface area (Å²) >= 11 is 6.17. The first kappa shape index (κ1) is 50.2. The number of methoxy groups -OCH3 is 1. The van der Waals surface area contributed by atoms with Crippen molar-refractivity contribution >= 4 is 35.7 Å². The molecule has 15 heteroatoms. The van der Waals surface area contributed by atoms with Gasteiger partial charge in [0.15, 0.2) is 0 Å². The van der Waals surface area contributed by atoms with Crippen molar-refractivity contribution in [1.29, 1.82) is 0 Å². The first-order valence-corrected chi connectivity index (χ1v) is 21.3. The molecule has 7 atom stereocenters. The predicted octanol–water partition coefficient (Wildman–Crippen LogP) is 6.98. The van der Waals surface area contributed by atoms with Crippen LogP contribution in [0.25, 0.3) is 11.1 Å². The minimum Gasteiger partial charge on any atom is -0.495 e. The molecule has 0 bridgehead atoms. The number of aliphatic hydroxyl groups excluding tert-OH is 2. The van der Waals surface area contributed by atoms with Crippen molar-refractivity contribution in [2.45, 2.75) is 95.3 Å². The van der Waals surface area contributed by atoms with E-state index in [2.05, 4.69) is 22.8 Å². The summed E-state index contributed by atoms with van der Waals surface area (Å²) in [6.45, 7) is 7.40. The third-order valence-electron chi connectivity index (χ3n) is 11.8. The molecule has 2 saturated heterocycles. The number of epoxide rings is 1. The third kappa shape index (κ3) is 12.4. The van der Waals surface area contributed by atoms with Crippen LogP contribution >= 0.6 is 11.6 Å². The molecule has 3 amide bonds. The highest BCUT2D eigenvalue weighted by molar-refractivity contribution is 6.32. The minimum atomic E-state index is -1.05. The molecule has 0 spiro atoms. The SMILES string of the molecule is CNC(=O)C[C@H](OC(=O)[C@@H](C)N(C)C(=O)OCC1c2ccccc2-c2ccccc21)[C@]1(C)OC1[C@H](C)C1CC(C/C=C/C=C(\C)Cc2ccc(Cl)c(OC)c2)NC(=O)O1.CO.CO. The number of aliphatic hydroxyl groups is 2. The van der Waals surface area contributed by atoms with E-state index in [1.54, 1.807) is 21.0 Å². The lowest BCUT2D eigenvalue weighted by molar-refractivity contribution is -0.158. The number of hydrogen-bond donors (Lipinski definition) is 4. The van der Waals surface area contributed by atoms with Gasteiger partial charge in [0.05, 0.1) is 24.7 Å². The summed E-state index contributed by atoms with van der Waals surface area (Å²) in [7, 11) is 6.57. The van der Waals surface area contributed by atoms with Gasteiger partial charge in [-0.15, -0.1) is 0 Å². The first-order valence-electron chi connectivity index (χ1n) is 20.9. The quantitative estimate of drug-likeness (QED) is 0.0504. The third-order valence-corrected chi connectivity index (χ3v) is 12.1. The van der Waals surface area contributed by atoms with Crippen molar-refractivity contribution in [3.63, 3.8) is 0 Å². The molecule has 63 heavy (non-hydrogen) atoms. The van der Waals surface area contributed by atoms with Crippen LogP contribution in [0, 0.1) is 5.92 Å². The number of nitrogens with zero attached hydrogens (tertiary/aromatic N) is 1. The van der Waals surface area contributed by atoms with Crippen LogP contribution in [0.4, 0.5) is 9.59 Å². The van der Waals surface area contributed by atoms with Crippen LogP contribution in [0.1, 0.15) is 69.6 Å². The smallest absolute Gasteiger partial charge is 0.410 e. The van der Waals surface area contributed by atoms with E-state index in [4.69, 9.17) is 45.5 Å². The number of nitrogens with one attached hydrogen (secondary N) is 2. The number of ether oxygens (including phenoxy) is 5. The molecule has 2 aliphatic heterocycles. The molecule has 0 radical (unpaired) electrons. The van der Waals surface area contributed by atoms with Crippen LogP contribution in [-0.2, 0) is 35.0 Å². The highest BCUT2D eigenvalue weighted by Gasteiger charge is 2.63. The molecule has 3 aliphatic rings. The van der Waals surface area contributed by atoms with E-state index in [1.807, 2.05) is 86.7 Å². The number of allylic oxidation sites excluding steroid dienone is 3. The van der Waals surface area contributed by atoms with Gasteiger partial charge in [-0.2, -0.15) is 0 Å². The highest BCUT2D eigenvalue weighted by Crippen LogP contribution is 2.48. The maximum absolute atomic E-state index is 13.6.